The fourth-order valence-electron chi connectivity index (χ4n) is 2.90. The third-order valence-electron chi connectivity index (χ3n) is 4.07. The molecule has 2 rings (SSSR count). The van der Waals surface area contributed by atoms with E-state index in [1.807, 2.05) is 9.80 Å². The number of nitrogens with zero attached hydrogens (tertiary/aromatic N) is 2. The standard InChI is InChI=1S/C14H25N3O2/c1-10(15)14(19)16-7-3-4-12(8-16)9-17(11(2)18)13-5-6-13/h10,12-13H,3-9,15H2,1-2H3/t10-,12+/m0/s1. The first-order chi connectivity index (χ1) is 8.99. The number of hydrogen-bond donors (Lipinski definition) is 1. The summed E-state index contributed by atoms with van der Waals surface area (Å²) in [5.74, 6) is 0.601. The Morgan fingerprint density at radius 2 is 2.05 bits per heavy atom. The molecule has 0 unspecified atom stereocenters. The van der Waals surface area contributed by atoms with E-state index in [9.17, 15) is 9.59 Å². The maximum atomic E-state index is 11.9. The Hall–Kier alpha value is -1.10. The van der Waals surface area contributed by atoms with E-state index in [-0.39, 0.29) is 11.8 Å². The minimum Gasteiger partial charge on any atom is -0.341 e. The number of piperidine rings is 1. The number of amides is 2. The molecule has 2 aliphatic rings. The van der Waals surface area contributed by atoms with Crippen LogP contribution in [0.25, 0.3) is 0 Å². The first-order valence-electron chi connectivity index (χ1n) is 7.30. The highest BCUT2D eigenvalue weighted by atomic mass is 16.2. The van der Waals surface area contributed by atoms with Crippen LogP contribution in [-0.2, 0) is 9.59 Å². The van der Waals surface area contributed by atoms with Crippen LogP contribution in [0.1, 0.15) is 39.5 Å². The summed E-state index contributed by atoms with van der Waals surface area (Å²) < 4.78 is 0. The first kappa shape index (κ1) is 14.3. The zero-order chi connectivity index (χ0) is 14.0. The van der Waals surface area contributed by atoms with Gasteiger partial charge in [0, 0.05) is 32.6 Å². The van der Waals surface area contributed by atoms with E-state index >= 15 is 0 Å². The quantitative estimate of drug-likeness (QED) is 0.810. The number of nitrogens with two attached hydrogens (primary N) is 1. The Balaban J connectivity index is 1.89. The summed E-state index contributed by atoms with van der Waals surface area (Å²) >= 11 is 0. The molecule has 1 saturated heterocycles. The van der Waals surface area contributed by atoms with Crippen LogP contribution in [0.4, 0.5) is 0 Å². The van der Waals surface area contributed by atoms with Gasteiger partial charge in [-0.2, -0.15) is 0 Å². The van der Waals surface area contributed by atoms with Gasteiger partial charge < -0.3 is 15.5 Å². The second kappa shape index (κ2) is 5.90. The molecule has 1 aliphatic carbocycles. The van der Waals surface area contributed by atoms with Gasteiger partial charge in [-0.3, -0.25) is 9.59 Å². The van der Waals surface area contributed by atoms with Crippen molar-refractivity contribution in [1.82, 2.24) is 9.80 Å². The summed E-state index contributed by atoms with van der Waals surface area (Å²) in [6.45, 7) is 5.73. The van der Waals surface area contributed by atoms with Crippen LogP contribution in [0.2, 0.25) is 0 Å². The van der Waals surface area contributed by atoms with Gasteiger partial charge in [-0.25, -0.2) is 0 Å². The van der Waals surface area contributed by atoms with Crippen LogP contribution >= 0.6 is 0 Å². The predicted octanol–water partition coefficient (Wildman–Crippen LogP) is 0.583. The van der Waals surface area contributed by atoms with Crippen molar-refractivity contribution >= 4 is 11.8 Å². The highest BCUT2D eigenvalue weighted by Gasteiger charge is 2.34. The largest absolute Gasteiger partial charge is 0.341 e. The number of carbonyl (C=O) groups excluding carboxylic acids is 2. The molecule has 5 heteroatoms. The zero-order valence-electron chi connectivity index (χ0n) is 12.0. The monoisotopic (exact) mass is 267 g/mol. The average Bonchev–Trinajstić information content (AvgIpc) is 3.19. The SMILES string of the molecule is CC(=O)N(C[C@@H]1CCCN(C(=O)[C@H](C)N)C1)C1CC1. The van der Waals surface area contributed by atoms with Crippen LogP contribution < -0.4 is 5.73 Å². The zero-order valence-corrected chi connectivity index (χ0v) is 12.0. The molecule has 2 atom stereocenters. The van der Waals surface area contributed by atoms with Crippen molar-refractivity contribution < 1.29 is 9.59 Å². The van der Waals surface area contributed by atoms with E-state index in [0.29, 0.717) is 12.0 Å². The van der Waals surface area contributed by atoms with Gasteiger partial charge in [0.05, 0.1) is 6.04 Å². The second-order valence-electron chi connectivity index (χ2n) is 5.98. The Bertz CT molecular complexity index is 353. The molecule has 5 nitrogen and oxygen atoms in total. The molecule has 108 valence electrons. The van der Waals surface area contributed by atoms with Gasteiger partial charge in [0.15, 0.2) is 0 Å². The van der Waals surface area contributed by atoms with Gasteiger partial charge in [0.25, 0.3) is 0 Å². The van der Waals surface area contributed by atoms with Crippen LogP contribution in [0.5, 0.6) is 0 Å². The molecular formula is C14H25N3O2. The average molecular weight is 267 g/mol. The summed E-state index contributed by atoms with van der Waals surface area (Å²) in [5.41, 5.74) is 5.66. The van der Waals surface area contributed by atoms with Crippen LogP contribution in [0, 0.1) is 5.92 Å². The molecule has 2 amide bonds. The van der Waals surface area contributed by atoms with E-state index in [1.165, 1.54) is 0 Å². The third kappa shape index (κ3) is 3.69. The molecule has 0 bridgehead atoms. The number of carbonyl (C=O) groups is 2. The van der Waals surface area contributed by atoms with Crippen molar-refractivity contribution in [1.29, 1.82) is 0 Å². The van der Waals surface area contributed by atoms with Crippen LogP contribution in [0.3, 0.4) is 0 Å². The molecule has 0 aromatic heterocycles. The molecule has 1 aliphatic heterocycles. The van der Waals surface area contributed by atoms with E-state index in [2.05, 4.69) is 0 Å². The van der Waals surface area contributed by atoms with E-state index in [1.54, 1.807) is 13.8 Å². The van der Waals surface area contributed by atoms with Crippen molar-refractivity contribution in [3.8, 4) is 0 Å². The molecule has 0 aromatic rings. The van der Waals surface area contributed by atoms with Crippen molar-refractivity contribution in [2.24, 2.45) is 11.7 Å². The summed E-state index contributed by atoms with van der Waals surface area (Å²) in [5, 5.41) is 0. The predicted molar refractivity (Wildman–Crippen MR) is 73.4 cm³/mol. The molecule has 0 radical (unpaired) electrons. The van der Waals surface area contributed by atoms with Gasteiger partial charge in [0.1, 0.15) is 0 Å². The van der Waals surface area contributed by atoms with Crippen molar-refractivity contribution in [2.75, 3.05) is 19.6 Å². The number of hydrogen-bond acceptors (Lipinski definition) is 3. The maximum absolute atomic E-state index is 11.9. The van der Waals surface area contributed by atoms with E-state index in [0.717, 1.165) is 45.3 Å². The molecule has 19 heavy (non-hydrogen) atoms. The summed E-state index contributed by atoms with van der Waals surface area (Å²) in [7, 11) is 0. The van der Waals surface area contributed by atoms with Gasteiger partial charge in [-0.15, -0.1) is 0 Å². The smallest absolute Gasteiger partial charge is 0.239 e. The lowest BCUT2D eigenvalue weighted by molar-refractivity contribution is -0.134. The normalized spacial score (nSPS) is 25.0. The molecule has 1 saturated carbocycles. The molecule has 0 aromatic carbocycles. The Morgan fingerprint density at radius 1 is 1.37 bits per heavy atom. The van der Waals surface area contributed by atoms with Crippen LogP contribution in [-0.4, -0.2) is 53.3 Å². The third-order valence-corrected chi connectivity index (χ3v) is 4.07. The molecule has 1 heterocycles. The molecule has 2 N–H and O–H groups in total. The van der Waals surface area contributed by atoms with Gasteiger partial charge in [0.2, 0.25) is 11.8 Å². The van der Waals surface area contributed by atoms with Crippen molar-refractivity contribution in [3.63, 3.8) is 0 Å². The van der Waals surface area contributed by atoms with Gasteiger partial charge in [-0.1, -0.05) is 0 Å². The first-order valence-corrected chi connectivity index (χ1v) is 7.30. The number of rotatable bonds is 4. The fourth-order valence-corrected chi connectivity index (χ4v) is 2.90. The van der Waals surface area contributed by atoms with E-state index < -0.39 is 6.04 Å². The van der Waals surface area contributed by atoms with Crippen LogP contribution in [0.15, 0.2) is 0 Å². The lowest BCUT2D eigenvalue weighted by atomic mass is 9.96. The van der Waals surface area contributed by atoms with Gasteiger partial charge in [-0.05, 0) is 38.5 Å². The lowest BCUT2D eigenvalue weighted by Gasteiger charge is -2.36. The summed E-state index contributed by atoms with van der Waals surface area (Å²) in [6.07, 6.45) is 4.38. The molecular weight excluding hydrogens is 242 g/mol. The second-order valence-corrected chi connectivity index (χ2v) is 5.98. The Morgan fingerprint density at radius 3 is 2.58 bits per heavy atom. The van der Waals surface area contributed by atoms with Crippen molar-refractivity contribution in [2.45, 2.75) is 51.6 Å². The molecule has 2 fully saturated rings. The maximum Gasteiger partial charge on any atom is 0.239 e. The summed E-state index contributed by atoms with van der Waals surface area (Å²) in [6, 6.07) is 0.0307. The highest BCUT2D eigenvalue weighted by Crippen LogP contribution is 2.29. The molecule has 0 spiro atoms. The van der Waals surface area contributed by atoms with Crippen molar-refractivity contribution in [3.05, 3.63) is 0 Å². The summed E-state index contributed by atoms with van der Waals surface area (Å²) in [4.78, 5) is 27.4. The Labute approximate surface area is 115 Å². The lowest BCUT2D eigenvalue weighted by Crippen LogP contribution is -2.49. The minimum absolute atomic E-state index is 0.0329. The minimum atomic E-state index is -0.425. The van der Waals surface area contributed by atoms with E-state index in [4.69, 9.17) is 5.73 Å². The van der Waals surface area contributed by atoms with Gasteiger partial charge >= 0.3 is 0 Å². The topological polar surface area (TPSA) is 66.6 Å². The Kier molecular flexibility index (Phi) is 4.45. The number of likely N-dealkylation sites (tertiary alicyclic amines) is 1. The highest BCUT2D eigenvalue weighted by molar-refractivity contribution is 5.81. The fraction of sp³-hybridized carbons (Fsp3) is 0.857.